The van der Waals surface area contributed by atoms with Gasteiger partial charge >= 0.3 is 0 Å². The van der Waals surface area contributed by atoms with Gasteiger partial charge in [-0.1, -0.05) is 91.0 Å². The Bertz CT molecular complexity index is 1290. The van der Waals surface area contributed by atoms with Crippen LogP contribution >= 0.6 is 0 Å². The van der Waals surface area contributed by atoms with Crippen molar-refractivity contribution in [1.29, 1.82) is 0 Å². The van der Waals surface area contributed by atoms with E-state index >= 15 is 0 Å². The quantitative estimate of drug-likeness (QED) is 0.355. The largest absolute Gasteiger partial charge is 0.354 e. The van der Waals surface area contributed by atoms with Gasteiger partial charge in [-0.2, -0.15) is 0 Å². The van der Waals surface area contributed by atoms with Gasteiger partial charge in [0.05, 0.1) is 5.92 Å². The maximum absolute atomic E-state index is 14.0. The van der Waals surface area contributed by atoms with Crippen LogP contribution < -0.4 is 4.90 Å². The minimum atomic E-state index is -0.300. The molecule has 0 aliphatic carbocycles. The van der Waals surface area contributed by atoms with Crippen molar-refractivity contribution in [3.63, 3.8) is 0 Å². The minimum Gasteiger partial charge on any atom is -0.354 e. The Morgan fingerprint density at radius 2 is 1.35 bits per heavy atom. The Hall–Kier alpha value is -3.99. The molecule has 0 unspecified atom stereocenters. The van der Waals surface area contributed by atoms with E-state index in [4.69, 9.17) is 4.98 Å². The lowest BCUT2D eigenvalue weighted by atomic mass is 9.90. The average Bonchev–Trinajstić information content (AvgIpc) is 3.18. The van der Waals surface area contributed by atoms with E-state index in [1.165, 1.54) is 11.1 Å². The highest BCUT2D eigenvalue weighted by Gasteiger charge is 2.29. The van der Waals surface area contributed by atoms with Crippen molar-refractivity contribution in [2.45, 2.75) is 32.6 Å². The second-order valence-corrected chi connectivity index (χ2v) is 9.74. The molecule has 37 heavy (non-hydrogen) atoms. The molecule has 1 aromatic heterocycles. The van der Waals surface area contributed by atoms with Crippen molar-refractivity contribution < 1.29 is 4.79 Å². The Morgan fingerprint density at radius 1 is 0.757 bits per heavy atom. The van der Waals surface area contributed by atoms with Gasteiger partial charge in [0.15, 0.2) is 0 Å². The van der Waals surface area contributed by atoms with E-state index in [0.717, 1.165) is 60.9 Å². The molecular formula is C32H34N4O. The predicted molar refractivity (Wildman–Crippen MR) is 149 cm³/mol. The zero-order valence-corrected chi connectivity index (χ0v) is 21.7. The van der Waals surface area contributed by atoms with Crippen LogP contribution in [0.1, 0.15) is 46.1 Å². The third-order valence-corrected chi connectivity index (χ3v) is 7.15. The molecule has 0 N–H and O–H groups in total. The van der Waals surface area contributed by atoms with Crippen LogP contribution in [0.5, 0.6) is 0 Å². The number of anilines is 1. The molecule has 0 saturated carbocycles. The number of carbonyl (C=O) groups is 1. The highest BCUT2D eigenvalue weighted by Crippen LogP contribution is 2.29. The second kappa shape index (κ2) is 11.4. The fourth-order valence-electron chi connectivity index (χ4n) is 5.29. The number of carbonyl (C=O) groups excluding carboxylic acids is 1. The molecule has 4 aromatic rings. The molecule has 0 atom stereocenters. The van der Waals surface area contributed by atoms with Crippen molar-refractivity contribution in [2.24, 2.45) is 0 Å². The van der Waals surface area contributed by atoms with E-state index < -0.39 is 0 Å². The van der Waals surface area contributed by atoms with Gasteiger partial charge in [-0.05, 0) is 37.0 Å². The Morgan fingerprint density at radius 3 is 1.97 bits per heavy atom. The molecule has 188 valence electrons. The summed E-state index contributed by atoms with van der Waals surface area (Å²) in [6.07, 6.45) is 1.69. The number of amides is 1. The molecule has 0 radical (unpaired) electrons. The van der Waals surface area contributed by atoms with E-state index in [2.05, 4.69) is 65.3 Å². The van der Waals surface area contributed by atoms with Crippen LogP contribution in [0.4, 0.5) is 5.82 Å². The summed E-state index contributed by atoms with van der Waals surface area (Å²) in [6, 6.07) is 30.8. The van der Waals surface area contributed by atoms with Gasteiger partial charge in [-0.15, -0.1) is 0 Å². The third-order valence-electron chi connectivity index (χ3n) is 7.15. The number of hydrogen-bond donors (Lipinski definition) is 0. The average molecular weight is 491 g/mol. The summed E-state index contributed by atoms with van der Waals surface area (Å²) in [5.74, 6) is 1.66. The normalized spacial score (nSPS) is 14.0. The Kier molecular flexibility index (Phi) is 7.59. The van der Waals surface area contributed by atoms with E-state index in [0.29, 0.717) is 6.54 Å². The molecule has 5 nitrogen and oxygen atoms in total. The molecule has 2 heterocycles. The molecule has 5 rings (SSSR count). The lowest BCUT2D eigenvalue weighted by Gasteiger charge is -2.28. The van der Waals surface area contributed by atoms with Crippen molar-refractivity contribution in [3.05, 3.63) is 125 Å². The number of benzene rings is 3. The van der Waals surface area contributed by atoms with Crippen molar-refractivity contribution in [1.82, 2.24) is 14.9 Å². The standard InChI is InChI=1S/C32H34N4O/c1-24-29(23-26-13-6-3-7-14-26)31(34-25(2)33-24)35-19-12-20-36(22-21-35)32(37)30(27-15-8-4-9-16-27)28-17-10-5-11-18-28/h3-11,13-18,30H,12,19-23H2,1-2H3. The molecule has 5 heteroatoms. The fourth-order valence-corrected chi connectivity index (χ4v) is 5.29. The molecule has 0 spiro atoms. The molecule has 0 bridgehead atoms. The van der Waals surface area contributed by atoms with E-state index in [-0.39, 0.29) is 11.8 Å². The molecule has 1 aliphatic rings. The van der Waals surface area contributed by atoms with E-state index in [1.54, 1.807) is 0 Å². The zero-order valence-electron chi connectivity index (χ0n) is 21.7. The lowest BCUT2D eigenvalue weighted by Crippen LogP contribution is -2.39. The van der Waals surface area contributed by atoms with Crippen LogP contribution in [0.2, 0.25) is 0 Å². The third kappa shape index (κ3) is 5.72. The van der Waals surface area contributed by atoms with Crippen molar-refractivity contribution in [3.8, 4) is 0 Å². The molecular weight excluding hydrogens is 456 g/mol. The number of nitrogens with zero attached hydrogens (tertiary/aromatic N) is 4. The van der Waals surface area contributed by atoms with E-state index in [1.807, 2.05) is 54.3 Å². The van der Waals surface area contributed by atoms with Crippen LogP contribution in [0, 0.1) is 13.8 Å². The summed E-state index contributed by atoms with van der Waals surface area (Å²) in [7, 11) is 0. The van der Waals surface area contributed by atoms with Gasteiger partial charge in [0.2, 0.25) is 5.91 Å². The summed E-state index contributed by atoms with van der Waals surface area (Å²) in [5.41, 5.74) is 5.51. The summed E-state index contributed by atoms with van der Waals surface area (Å²) in [5, 5.41) is 0. The lowest BCUT2D eigenvalue weighted by molar-refractivity contribution is -0.131. The summed E-state index contributed by atoms with van der Waals surface area (Å²) in [4.78, 5) is 28.0. The second-order valence-electron chi connectivity index (χ2n) is 9.74. The first-order chi connectivity index (χ1) is 18.1. The van der Waals surface area contributed by atoms with Crippen molar-refractivity contribution >= 4 is 11.7 Å². The fraction of sp³-hybridized carbons (Fsp3) is 0.281. The first-order valence-electron chi connectivity index (χ1n) is 13.1. The van der Waals surface area contributed by atoms with Crippen LogP contribution in [0.3, 0.4) is 0 Å². The monoisotopic (exact) mass is 490 g/mol. The van der Waals surface area contributed by atoms with Crippen LogP contribution in [0.15, 0.2) is 91.0 Å². The first kappa shape index (κ1) is 24.7. The number of rotatable bonds is 6. The summed E-state index contributed by atoms with van der Waals surface area (Å²) >= 11 is 0. The zero-order chi connectivity index (χ0) is 25.6. The predicted octanol–water partition coefficient (Wildman–Crippen LogP) is 5.56. The highest BCUT2D eigenvalue weighted by atomic mass is 16.2. The van der Waals surface area contributed by atoms with E-state index in [9.17, 15) is 4.79 Å². The number of aromatic nitrogens is 2. The van der Waals surface area contributed by atoms with Gasteiger partial charge in [0.25, 0.3) is 0 Å². The molecule has 3 aromatic carbocycles. The topological polar surface area (TPSA) is 49.3 Å². The van der Waals surface area contributed by atoms with Crippen LogP contribution in [-0.2, 0) is 11.2 Å². The molecule has 1 aliphatic heterocycles. The summed E-state index contributed by atoms with van der Waals surface area (Å²) < 4.78 is 0. The SMILES string of the molecule is Cc1nc(C)c(Cc2ccccc2)c(N2CCCN(C(=O)C(c3ccccc3)c3ccccc3)CC2)n1. The van der Waals surface area contributed by atoms with Gasteiger partial charge in [0.1, 0.15) is 11.6 Å². The van der Waals surface area contributed by atoms with Gasteiger partial charge in [-0.25, -0.2) is 9.97 Å². The van der Waals surface area contributed by atoms with Crippen molar-refractivity contribution in [2.75, 3.05) is 31.1 Å². The maximum Gasteiger partial charge on any atom is 0.234 e. The van der Waals surface area contributed by atoms with Crippen LogP contribution in [0.25, 0.3) is 0 Å². The van der Waals surface area contributed by atoms with Gasteiger partial charge in [0, 0.05) is 43.9 Å². The maximum atomic E-state index is 14.0. The summed E-state index contributed by atoms with van der Waals surface area (Å²) in [6.45, 7) is 7.06. The first-order valence-corrected chi connectivity index (χ1v) is 13.1. The Balaban J connectivity index is 1.39. The molecule has 1 saturated heterocycles. The molecule has 1 fully saturated rings. The minimum absolute atomic E-state index is 0.166. The van der Waals surface area contributed by atoms with Gasteiger partial charge < -0.3 is 9.80 Å². The smallest absolute Gasteiger partial charge is 0.234 e. The highest BCUT2D eigenvalue weighted by molar-refractivity contribution is 5.87. The number of aryl methyl sites for hydroxylation is 2. The van der Waals surface area contributed by atoms with Gasteiger partial charge in [-0.3, -0.25) is 4.79 Å². The number of hydrogen-bond acceptors (Lipinski definition) is 4. The van der Waals surface area contributed by atoms with Crippen LogP contribution in [-0.4, -0.2) is 47.0 Å². The molecule has 1 amide bonds. The Labute approximate surface area is 219 Å².